The number of carbonyl (C=O) groups is 1. The van der Waals surface area contributed by atoms with Crippen LogP contribution >= 0.6 is 12.2 Å². The maximum Gasteiger partial charge on any atom is 0.255 e. The third-order valence-corrected chi connectivity index (χ3v) is 4.38. The van der Waals surface area contributed by atoms with E-state index in [4.69, 9.17) is 17.0 Å². The van der Waals surface area contributed by atoms with Gasteiger partial charge in [0, 0.05) is 5.70 Å². The number of allylic oxidation sites excluding steroid dienone is 1. The number of amides is 1. The highest BCUT2D eigenvalue weighted by molar-refractivity contribution is 7.80. The molecule has 1 unspecified atom stereocenters. The molecular weight excluding hydrogens is 372 g/mol. The first-order chi connectivity index (χ1) is 12.9. The predicted molar refractivity (Wildman–Crippen MR) is 102 cm³/mol. The third-order valence-electron chi connectivity index (χ3n) is 4.16. The van der Waals surface area contributed by atoms with Crippen LogP contribution in [-0.4, -0.2) is 18.1 Å². The predicted octanol–water partition coefficient (Wildman–Crippen LogP) is 3.40. The zero-order chi connectivity index (χ0) is 19.6. The number of rotatable bonds is 4. The molecule has 0 saturated carbocycles. The summed E-state index contributed by atoms with van der Waals surface area (Å²) in [6, 6.07) is 9.32. The second kappa shape index (κ2) is 7.71. The van der Waals surface area contributed by atoms with Gasteiger partial charge in [-0.3, -0.25) is 4.79 Å². The van der Waals surface area contributed by atoms with Crippen LogP contribution in [0.5, 0.6) is 5.75 Å². The van der Waals surface area contributed by atoms with E-state index >= 15 is 0 Å². The van der Waals surface area contributed by atoms with E-state index in [0.717, 1.165) is 12.1 Å². The van der Waals surface area contributed by atoms with Crippen molar-refractivity contribution < 1.29 is 18.3 Å². The Balaban J connectivity index is 2.03. The van der Waals surface area contributed by atoms with Gasteiger partial charge in [0.25, 0.3) is 5.91 Å². The van der Waals surface area contributed by atoms with Crippen molar-refractivity contribution in [3.05, 3.63) is 70.9 Å². The number of para-hydroxylation sites is 2. The zero-order valence-electron chi connectivity index (χ0n) is 14.6. The monoisotopic (exact) mass is 389 g/mol. The Morgan fingerprint density at radius 3 is 2.48 bits per heavy atom. The lowest BCUT2D eigenvalue weighted by atomic mass is 9.94. The van der Waals surface area contributed by atoms with Crippen molar-refractivity contribution >= 4 is 28.9 Å². The summed E-state index contributed by atoms with van der Waals surface area (Å²) in [6.07, 6.45) is 0. The molecule has 0 bridgehead atoms. The largest absolute Gasteiger partial charge is 0.495 e. The number of hydrogen-bond acceptors (Lipinski definition) is 3. The van der Waals surface area contributed by atoms with Crippen molar-refractivity contribution in [1.29, 1.82) is 0 Å². The molecule has 2 aromatic carbocycles. The molecule has 0 aliphatic carbocycles. The molecule has 1 heterocycles. The normalized spacial score (nSPS) is 16.4. The van der Waals surface area contributed by atoms with Crippen LogP contribution in [0.15, 0.2) is 53.7 Å². The fourth-order valence-corrected chi connectivity index (χ4v) is 3.21. The number of thiocarbonyl (C=S) groups is 1. The number of methoxy groups -OCH3 is 1. The highest BCUT2D eigenvalue weighted by Crippen LogP contribution is 2.32. The zero-order valence-corrected chi connectivity index (χ0v) is 15.4. The topological polar surface area (TPSA) is 62.4 Å². The smallest absolute Gasteiger partial charge is 0.255 e. The van der Waals surface area contributed by atoms with Crippen LogP contribution < -0.4 is 20.7 Å². The van der Waals surface area contributed by atoms with E-state index in [-0.39, 0.29) is 16.2 Å². The molecule has 2 aromatic rings. The molecule has 0 saturated heterocycles. The van der Waals surface area contributed by atoms with E-state index in [2.05, 4.69) is 16.0 Å². The van der Waals surface area contributed by atoms with E-state index in [9.17, 15) is 13.6 Å². The Morgan fingerprint density at radius 2 is 1.81 bits per heavy atom. The van der Waals surface area contributed by atoms with Crippen molar-refractivity contribution in [3.63, 3.8) is 0 Å². The standard InChI is InChI=1S/C19H17F2N3O2S/c1-10-15(18(25)23-13-8-3-4-9-14(13)26-2)17(24-19(27)22-10)16-11(20)6-5-7-12(16)21/h3-9,17H,1-2H3,(H,23,25)(H2,22,24,27). The van der Waals surface area contributed by atoms with Crippen molar-refractivity contribution in [2.45, 2.75) is 13.0 Å². The quantitative estimate of drug-likeness (QED) is 0.700. The number of benzene rings is 2. The van der Waals surface area contributed by atoms with E-state index < -0.39 is 23.6 Å². The van der Waals surface area contributed by atoms with Crippen LogP contribution in [0.2, 0.25) is 0 Å². The number of ether oxygens (including phenoxy) is 1. The van der Waals surface area contributed by atoms with Crippen LogP contribution in [0.3, 0.4) is 0 Å². The summed E-state index contributed by atoms with van der Waals surface area (Å²) >= 11 is 5.10. The number of nitrogens with one attached hydrogen (secondary N) is 3. The molecule has 5 nitrogen and oxygen atoms in total. The molecule has 3 N–H and O–H groups in total. The Morgan fingerprint density at radius 1 is 1.15 bits per heavy atom. The summed E-state index contributed by atoms with van der Waals surface area (Å²) in [5.74, 6) is -1.61. The molecule has 0 radical (unpaired) electrons. The molecule has 27 heavy (non-hydrogen) atoms. The van der Waals surface area contributed by atoms with Crippen molar-refractivity contribution in [2.24, 2.45) is 0 Å². The molecule has 3 rings (SSSR count). The second-order valence-corrected chi connectivity index (χ2v) is 6.27. The highest BCUT2D eigenvalue weighted by Gasteiger charge is 2.33. The molecule has 0 aromatic heterocycles. The van der Waals surface area contributed by atoms with Crippen molar-refractivity contribution in [2.75, 3.05) is 12.4 Å². The molecule has 0 spiro atoms. The first-order valence-corrected chi connectivity index (χ1v) is 8.49. The third kappa shape index (κ3) is 3.75. The first kappa shape index (κ1) is 18.8. The van der Waals surface area contributed by atoms with Crippen molar-refractivity contribution in [1.82, 2.24) is 10.6 Å². The van der Waals surface area contributed by atoms with Gasteiger partial charge < -0.3 is 20.7 Å². The average Bonchev–Trinajstić information content (AvgIpc) is 2.61. The van der Waals surface area contributed by atoms with Crippen LogP contribution in [-0.2, 0) is 4.79 Å². The van der Waals surface area contributed by atoms with Crippen molar-refractivity contribution in [3.8, 4) is 5.75 Å². The highest BCUT2D eigenvalue weighted by atomic mass is 32.1. The minimum atomic E-state index is -1.07. The molecule has 1 amide bonds. The summed E-state index contributed by atoms with van der Waals surface area (Å²) in [7, 11) is 1.48. The van der Waals surface area contributed by atoms with Gasteiger partial charge in [0.2, 0.25) is 0 Å². The maximum absolute atomic E-state index is 14.4. The van der Waals surface area contributed by atoms with Crippen LogP contribution in [0.4, 0.5) is 14.5 Å². The molecule has 1 aliphatic heterocycles. The second-order valence-electron chi connectivity index (χ2n) is 5.86. The van der Waals surface area contributed by atoms with Crippen LogP contribution in [0, 0.1) is 11.6 Å². The van der Waals surface area contributed by atoms with Gasteiger partial charge in [-0.15, -0.1) is 0 Å². The molecular formula is C19H17F2N3O2S. The van der Waals surface area contributed by atoms with Crippen LogP contribution in [0.1, 0.15) is 18.5 Å². The van der Waals surface area contributed by atoms with E-state index in [1.54, 1.807) is 31.2 Å². The summed E-state index contributed by atoms with van der Waals surface area (Å²) in [6.45, 7) is 1.62. The lowest BCUT2D eigenvalue weighted by Crippen LogP contribution is -2.46. The maximum atomic E-state index is 14.4. The van der Waals surface area contributed by atoms with Gasteiger partial charge in [0.05, 0.1) is 30.0 Å². The fraction of sp³-hybridized carbons (Fsp3) is 0.158. The lowest BCUT2D eigenvalue weighted by Gasteiger charge is -2.30. The van der Waals surface area contributed by atoms with Gasteiger partial charge in [-0.25, -0.2) is 8.78 Å². The fourth-order valence-electron chi connectivity index (χ4n) is 2.94. The minimum Gasteiger partial charge on any atom is -0.495 e. The Labute approximate surface area is 160 Å². The number of carbonyl (C=O) groups excluding carboxylic acids is 1. The average molecular weight is 389 g/mol. The number of halogens is 2. The van der Waals surface area contributed by atoms with Gasteiger partial charge in [0.1, 0.15) is 17.4 Å². The van der Waals surface area contributed by atoms with E-state index in [0.29, 0.717) is 17.1 Å². The van der Waals surface area contributed by atoms with Gasteiger partial charge in [-0.1, -0.05) is 18.2 Å². The summed E-state index contributed by atoms with van der Waals surface area (Å²) < 4.78 is 33.9. The SMILES string of the molecule is COc1ccccc1NC(=O)C1=C(C)NC(=S)NC1c1c(F)cccc1F. The first-order valence-electron chi connectivity index (χ1n) is 8.09. The minimum absolute atomic E-state index is 0.124. The van der Waals surface area contributed by atoms with E-state index in [1.165, 1.54) is 13.2 Å². The van der Waals surface area contributed by atoms with Crippen LogP contribution in [0.25, 0.3) is 0 Å². The Hall–Kier alpha value is -3.00. The molecule has 140 valence electrons. The summed E-state index contributed by atoms with van der Waals surface area (Å²) in [5, 5.41) is 8.51. The molecule has 1 aliphatic rings. The number of anilines is 1. The molecule has 0 fully saturated rings. The van der Waals surface area contributed by atoms with Gasteiger partial charge in [-0.2, -0.15) is 0 Å². The molecule has 1 atom stereocenters. The summed E-state index contributed by atoms with van der Waals surface area (Å²) in [4.78, 5) is 13.0. The Kier molecular flexibility index (Phi) is 5.36. The van der Waals surface area contributed by atoms with Gasteiger partial charge in [0.15, 0.2) is 5.11 Å². The summed E-state index contributed by atoms with van der Waals surface area (Å²) in [5.41, 5.74) is 0.689. The number of hydrogen-bond donors (Lipinski definition) is 3. The van der Waals surface area contributed by atoms with Gasteiger partial charge >= 0.3 is 0 Å². The Bertz CT molecular complexity index is 926. The van der Waals surface area contributed by atoms with Gasteiger partial charge in [-0.05, 0) is 43.4 Å². The molecule has 8 heteroatoms. The lowest BCUT2D eigenvalue weighted by molar-refractivity contribution is -0.113. The van der Waals surface area contributed by atoms with E-state index in [1.807, 2.05) is 0 Å².